The smallest absolute Gasteiger partial charge is 0.126 e. The Morgan fingerprint density at radius 2 is 1.18 bits per heavy atom. The molecule has 4 bridgehead atoms. The topological polar surface area (TPSA) is 122 Å². The van der Waals surface area contributed by atoms with E-state index in [-0.39, 0.29) is 57.1 Å². The van der Waals surface area contributed by atoms with Gasteiger partial charge in [0.25, 0.3) is 0 Å². The summed E-state index contributed by atoms with van der Waals surface area (Å²) in [6.45, 7) is 4.47. The highest BCUT2D eigenvalue weighted by atomic mass is 79.9. The second-order valence-electron chi connectivity index (χ2n) is 13.2. The van der Waals surface area contributed by atoms with Crippen molar-refractivity contribution < 1.29 is 20.1 Å². The van der Waals surface area contributed by atoms with Crippen molar-refractivity contribution in [2.45, 2.75) is 114 Å². The Bertz CT molecular complexity index is 1210. The molecule has 0 radical (unpaired) electrons. The quantitative estimate of drug-likeness (QED) is 0.249. The second-order valence-corrected chi connectivity index (χ2v) is 13.2. The predicted octanol–water partition coefficient (Wildman–Crippen LogP) is 6.52. The predicted molar refractivity (Wildman–Crippen MR) is 166 cm³/mol. The van der Waals surface area contributed by atoms with Crippen LogP contribution < -0.4 is 16.2 Å². The summed E-state index contributed by atoms with van der Waals surface area (Å²) in [4.78, 5) is 0. The van der Waals surface area contributed by atoms with E-state index in [4.69, 9.17) is 16.2 Å². The van der Waals surface area contributed by atoms with E-state index in [1.54, 1.807) is 13.2 Å². The lowest BCUT2D eigenvalue weighted by molar-refractivity contribution is 0.198. The number of ether oxygens (including phenoxy) is 1. The molecule has 0 aromatic heterocycles. The fourth-order valence-electron chi connectivity index (χ4n) is 8.39. The number of benzene rings is 2. The van der Waals surface area contributed by atoms with E-state index < -0.39 is 0 Å². The minimum absolute atomic E-state index is 0. The molecule has 2 aromatic rings. The maximum atomic E-state index is 10.2. The first kappa shape index (κ1) is 31.0. The van der Waals surface area contributed by atoms with Crippen LogP contribution in [0.1, 0.15) is 100 Å². The Hall–Kier alpha value is -1.96. The zero-order valence-electron chi connectivity index (χ0n) is 24.4. The molecule has 0 spiro atoms. The Labute approximate surface area is 250 Å². The van der Waals surface area contributed by atoms with Crippen LogP contribution in [-0.4, -0.2) is 34.5 Å². The normalized spacial score (nSPS) is 32.7. The van der Waals surface area contributed by atoms with E-state index >= 15 is 0 Å². The maximum absolute atomic E-state index is 10.2. The monoisotopic (exact) mass is 616 g/mol. The third-order valence-electron chi connectivity index (χ3n) is 10.8. The number of hydrogen-bond acceptors (Lipinski definition) is 6. The van der Waals surface area contributed by atoms with E-state index in [0.717, 1.165) is 49.0 Å². The molecule has 6 rings (SSSR count). The summed E-state index contributed by atoms with van der Waals surface area (Å²) in [6.07, 6.45) is 13.8. The van der Waals surface area contributed by atoms with Gasteiger partial charge < -0.3 is 31.5 Å². The van der Waals surface area contributed by atoms with Gasteiger partial charge in [0.15, 0.2) is 0 Å². The summed E-state index contributed by atoms with van der Waals surface area (Å²) >= 11 is 0. The van der Waals surface area contributed by atoms with Gasteiger partial charge in [-0.1, -0.05) is 52.4 Å². The summed E-state index contributed by atoms with van der Waals surface area (Å²) < 4.78 is 5.51. The average Bonchev–Trinajstić information content (AvgIpc) is 2.90. The zero-order valence-corrected chi connectivity index (χ0v) is 26.1. The number of phenols is 3. The molecular formula is C33H49BrN2O4. The molecule has 2 aromatic carbocycles. The van der Waals surface area contributed by atoms with Gasteiger partial charge in [0.05, 0.1) is 7.11 Å². The highest BCUT2D eigenvalue weighted by Gasteiger charge is 2.46. The number of nitrogens with two attached hydrogens (primary N) is 2. The van der Waals surface area contributed by atoms with Gasteiger partial charge in [0.1, 0.15) is 23.0 Å². The van der Waals surface area contributed by atoms with Crippen LogP contribution in [0.4, 0.5) is 0 Å². The minimum atomic E-state index is -0.116. The molecule has 0 aliphatic heterocycles. The molecule has 40 heavy (non-hydrogen) atoms. The standard InChI is InChI=1S/C17H25NO2.C16H23NO2.BrH/c1-17-7-5-3-4-6-11(16(17)18)8-13-14(17)9-12(19)10-15(13)20-2;1-16-6-4-2-3-5-10(15(16)17)7-12-13(16)8-11(18)9-14(12)19;/h9-11,16,19H,3-8,18H2,1-2H3;8-10,15,18-19H,2-7,17H2,1H3;1H. The largest absolute Gasteiger partial charge is 0.508 e. The van der Waals surface area contributed by atoms with Gasteiger partial charge in [0.2, 0.25) is 0 Å². The number of hydrogen-bond donors (Lipinski definition) is 5. The van der Waals surface area contributed by atoms with Crippen molar-refractivity contribution in [3.8, 4) is 23.0 Å². The number of fused-ring (bicyclic) bond motifs is 8. The van der Waals surface area contributed by atoms with Gasteiger partial charge in [-0.25, -0.2) is 0 Å². The van der Waals surface area contributed by atoms with Crippen LogP contribution >= 0.6 is 17.0 Å². The van der Waals surface area contributed by atoms with Crippen LogP contribution in [0.25, 0.3) is 0 Å². The van der Waals surface area contributed by atoms with Crippen LogP contribution in [0.3, 0.4) is 0 Å². The molecule has 7 heteroatoms. The van der Waals surface area contributed by atoms with E-state index in [1.807, 2.05) is 12.1 Å². The number of rotatable bonds is 1. The van der Waals surface area contributed by atoms with E-state index in [2.05, 4.69) is 13.8 Å². The van der Waals surface area contributed by atoms with E-state index in [9.17, 15) is 15.3 Å². The van der Waals surface area contributed by atoms with Gasteiger partial charge in [-0.15, -0.1) is 17.0 Å². The second kappa shape index (κ2) is 12.1. The van der Waals surface area contributed by atoms with Gasteiger partial charge >= 0.3 is 0 Å². The SMILES string of the molecule is Br.CC12CCCCCC(Cc3c(O)cc(O)cc31)C2N.COc1cc(O)cc2c1CC1CCCCCC2(C)C1N. The molecule has 0 saturated heterocycles. The minimum Gasteiger partial charge on any atom is -0.508 e. The fraction of sp³-hybridized carbons (Fsp3) is 0.636. The molecule has 0 heterocycles. The van der Waals surface area contributed by atoms with Crippen molar-refractivity contribution in [1.29, 1.82) is 0 Å². The van der Waals surface area contributed by atoms with Crippen molar-refractivity contribution in [3.05, 3.63) is 46.5 Å². The Morgan fingerprint density at radius 1 is 0.700 bits per heavy atom. The van der Waals surface area contributed by atoms with Crippen LogP contribution in [-0.2, 0) is 23.7 Å². The number of aromatic hydroxyl groups is 3. The molecular weight excluding hydrogens is 568 g/mol. The molecule has 222 valence electrons. The van der Waals surface area contributed by atoms with Gasteiger partial charge in [-0.3, -0.25) is 0 Å². The Balaban J connectivity index is 0.000000181. The van der Waals surface area contributed by atoms with Gasteiger partial charge in [-0.2, -0.15) is 0 Å². The molecule has 7 N–H and O–H groups in total. The summed E-state index contributed by atoms with van der Waals surface area (Å²) in [5, 5.41) is 29.9. The van der Waals surface area contributed by atoms with Gasteiger partial charge in [0, 0.05) is 35.0 Å². The van der Waals surface area contributed by atoms with Gasteiger partial charge in [-0.05, 0) is 84.7 Å². The third-order valence-corrected chi connectivity index (χ3v) is 10.8. The van der Waals surface area contributed by atoms with E-state index in [0.29, 0.717) is 11.8 Å². The van der Waals surface area contributed by atoms with Crippen molar-refractivity contribution in [3.63, 3.8) is 0 Å². The number of phenolic OH excluding ortho intramolecular Hbond substituents is 3. The summed E-state index contributed by atoms with van der Waals surface area (Å²) in [5.41, 5.74) is 17.6. The van der Waals surface area contributed by atoms with Crippen LogP contribution in [0, 0.1) is 11.8 Å². The maximum Gasteiger partial charge on any atom is 0.126 e. The molecule has 6 atom stereocenters. The number of methoxy groups -OCH3 is 1. The van der Waals surface area contributed by atoms with Crippen LogP contribution in [0.5, 0.6) is 23.0 Å². The van der Waals surface area contributed by atoms with Crippen molar-refractivity contribution in [2.24, 2.45) is 23.3 Å². The zero-order chi connectivity index (χ0) is 27.9. The lowest BCUT2D eigenvalue weighted by Crippen LogP contribution is -2.52. The Kier molecular flexibility index (Phi) is 9.38. The summed E-state index contributed by atoms with van der Waals surface area (Å²) in [6, 6.07) is 7.23. The van der Waals surface area contributed by atoms with Crippen molar-refractivity contribution in [2.75, 3.05) is 7.11 Å². The average molecular weight is 618 g/mol. The first-order chi connectivity index (χ1) is 18.6. The third kappa shape index (κ3) is 5.46. The molecule has 6 nitrogen and oxygen atoms in total. The Morgan fingerprint density at radius 3 is 1.70 bits per heavy atom. The van der Waals surface area contributed by atoms with Crippen LogP contribution in [0.2, 0.25) is 0 Å². The first-order valence-electron chi connectivity index (χ1n) is 15.1. The first-order valence-corrected chi connectivity index (χ1v) is 15.1. The van der Waals surface area contributed by atoms with Crippen molar-refractivity contribution >= 4 is 17.0 Å². The highest BCUT2D eigenvalue weighted by molar-refractivity contribution is 8.93. The lowest BCUT2D eigenvalue weighted by atomic mass is 9.60. The number of halogens is 1. The molecule has 0 amide bonds. The van der Waals surface area contributed by atoms with Crippen LogP contribution in [0.15, 0.2) is 24.3 Å². The fourth-order valence-corrected chi connectivity index (χ4v) is 8.39. The van der Waals surface area contributed by atoms with Crippen molar-refractivity contribution in [1.82, 2.24) is 0 Å². The lowest BCUT2D eigenvalue weighted by Gasteiger charge is -2.47. The highest BCUT2D eigenvalue weighted by Crippen LogP contribution is 2.50. The molecule has 4 aliphatic rings. The molecule has 2 saturated carbocycles. The van der Waals surface area contributed by atoms with E-state index in [1.165, 1.54) is 62.1 Å². The molecule has 6 unspecified atom stereocenters. The molecule has 2 fully saturated rings. The summed E-state index contributed by atoms with van der Waals surface area (Å²) in [5.74, 6) is 2.47. The molecule has 4 aliphatic carbocycles. The summed E-state index contributed by atoms with van der Waals surface area (Å²) in [7, 11) is 1.68.